The van der Waals surface area contributed by atoms with Crippen molar-refractivity contribution in [3.8, 4) is 0 Å². The summed E-state index contributed by atoms with van der Waals surface area (Å²) in [5, 5.41) is 12.8. The molecule has 0 aromatic heterocycles. The predicted octanol–water partition coefficient (Wildman–Crippen LogP) is 2.39. The molecule has 1 fully saturated rings. The van der Waals surface area contributed by atoms with E-state index in [1.165, 1.54) is 0 Å². The van der Waals surface area contributed by atoms with E-state index in [0.717, 1.165) is 0 Å². The number of hydrogen-bond donors (Lipinski definition) is 1. The number of nitrogens with zero attached hydrogens (tertiary/aromatic N) is 1. The Kier molecular flexibility index (Phi) is 3.31. The lowest BCUT2D eigenvalue weighted by molar-refractivity contribution is -0.139. The number of oxime groups is 1. The third-order valence-corrected chi connectivity index (χ3v) is 2.97. The molecular weight excluding hydrogens is 206 g/mol. The molecule has 4 heteroatoms. The molecule has 0 amide bonds. The zero-order valence-electron chi connectivity index (χ0n) is 10.7. The number of rotatable bonds is 4. The van der Waals surface area contributed by atoms with Crippen molar-refractivity contribution < 1.29 is 14.7 Å². The Hall–Kier alpha value is -1.06. The highest BCUT2D eigenvalue weighted by Crippen LogP contribution is 2.57. The minimum absolute atomic E-state index is 0.00929. The molecule has 0 radical (unpaired) electrons. The van der Waals surface area contributed by atoms with Crippen molar-refractivity contribution in [2.75, 3.05) is 6.61 Å². The highest BCUT2D eigenvalue weighted by molar-refractivity contribution is 5.84. The lowest BCUT2D eigenvalue weighted by Gasteiger charge is -2.15. The summed E-state index contributed by atoms with van der Waals surface area (Å²) < 4.78 is 0. The van der Waals surface area contributed by atoms with Crippen molar-refractivity contribution in [3.05, 3.63) is 0 Å². The number of carboxylic acid groups (broad SMARTS) is 1. The summed E-state index contributed by atoms with van der Waals surface area (Å²) in [7, 11) is 0. The van der Waals surface area contributed by atoms with E-state index in [1.54, 1.807) is 6.21 Å². The smallest absolute Gasteiger partial charge is 0.307 e. The third kappa shape index (κ3) is 2.97. The molecule has 92 valence electrons. The fraction of sp³-hybridized carbons (Fsp3) is 0.833. The predicted molar refractivity (Wildman–Crippen MR) is 62.3 cm³/mol. The molecular formula is C12H21NO3. The Labute approximate surface area is 96.7 Å². The van der Waals surface area contributed by atoms with E-state index in [0.29, 0.717) is 6.61 Å². The van der Waals surface area contributed by atoms with Crippen LogP contribution < -0.4 is 0 Å². The van der Waals surface area contributed by atoms with Gasteiger partial charge in [-0.3, -0.25) is 4.79 Å². The molecule has 0 saturated heterocycles. The highest BCUT2D eigenvalue weighted by atomic mass is 16.6. The second-order valence-electron chi connectivity index (χ2n) is 6.25. The zero-order chi connectivity index (χ0) is 12.6. The zero-order valence-corrected chi connectivity index (χ0v) is 10.7. The van der Waals surface area contributed by atoms with Crippen LogP contribution >= 0.6 is 0 Å². The van der Waals surface area contributed by atoms with Crippen molar-refractivity contribution in [3.63, 3.8) is 0 Å². The minimum atomic E-state index is -0.753. The Bertz CT molecular complexity index is 302. The number of carboxylic acids is 1. The molecule has 4 nitrogen and oxygen atoms in total. The van der Waals surface area contributed by atoms with E-state index in [9.17, 15) is 4.79 Å². The molecule has 1 aliphatic rings. The maximum atomic E-state index is 10.9. The molecule has 1 rings (SSSR count). The molecule has 0 aromatic rings. The van der Waals surface area contributed by atoms with Crippen LogP contribution in [0.5, 0.6) is 0 Å². The van der Waals surface area contributed by atoms with Crippen LogP contribution in [0.4, 0.5) is 0 Å². The average molecular weight is 227 g/mol. The summed E-state index contributed by atoms with van der Waals surface area (Å²) in [5.41, 5.74) is -0.122. The Balaban J connectivity index is 2.40. The van der Waals surface area contributed by atoms with Gasteiger partial charge < -0.3 is 9.94 Å². The lowest BCUT2D eigenvalue weighted by atomic mass is 9.99. The van der Waals surface area contributed by atoms with Gasteiger partial charge >= 0.3 is 5.97 Å². The van der Waals surface area contributed by atoms with Crippen LogP contribution in [0.1, 0.15) is 34.6 Å². The molecule has 1 saturated carbocycles. The molecule has 0 unspecified atom stereocenters. The summed E-state index contributed by atoms with van der Waals surface area (Å²) in [6.45, 7) is 10.6. The van der Waals surface area contributed by atoms with E-state index in [2.05, 4.69) is 25.9 Å². The largest absolute Gasteiger partial charge is 0.481 e. The average Bonchev–Trinajstić information content (AvgIpc) is 2.60. The van der Waals surface area contributed by atoms with E-state index < -0.39 is 5.97 Å². The van der Waals surface area contributed by atoms with Gasteiger partial charge in [0.1, 0.15) is 6.61 Å². The van der Waals surface area contributed by atoms with Crippen molar-refractivity contribution in [1.29, 1.82) is 0 Å². The van der Waals surface area contributed by atoms with Gasteiger partial charge in [-0.25, -0.2) is 0 Å². The molecule has 0 heterocycles. The van der Waals surface area contributed by atoms with Crippen LogP contribution in [0.2, 0.25) is 0 Å². The first kappa shape index (κ1) is 13.0. The monoisotopic (exact) mass is 227 g/mol. The third-order valence-electron chi connectivity index (χ3n) is 2.97. The fourth-order valence-corrected chi connectivity index (χ4v) is 1.77. The number of hydrogen-bond acceptors (Lipinski definition) is 3. The maximum absolute atomic E-state index is 10.9. The molecule has 0 bridgehead atoms. The molecule has 16 heavy (non-hydrogen) atoms. The van der Waals surface area contributed by atoms with Gasteiger partial charge in [0, 0.05) is 12.1 Å². The fourth-order valence-electron chi connectivity index (χ4n) is 1.77. The van der Waals surface area contributed by atoms with Crippen LogP contribution in [-0.4, -0.2) is 23.9 Å². The van der Waals surface area contributed by atoms with Crippen molar-refractivity contribution in [1.82, 2.24) is 0 Å². The van der Waals surface area contributed by atoms with E-state index in [1.807, 2.05) is 13.8 Å². The van der Waals surface area contributed by atoms with Gasteiger partial charge in [-0.15, -0.1) is 0 Å². The van der Waals surface area contributed by atoms with Gasteiger partial charge in [0.2, 0.25) is 0 Å². The minimum Gasteiger partial charge on any atom is -0.481 e. The van der Waals surface area contributed by atoms with Gasteiger partial charge in [0.15, 0.2) is 0 Å². The van der Waals surface area contributed by atoms with Gasteiger partial charge in [-0.05, 0) is 10.8 Å². The molecule has 2 atom stereocenters. The Morgan fingerprint density at radius 1 is 1.50 bits per heavy atom. The van der Waals surface area contributed by atoms with Crippen LogP contribution in [-0.2, 0) is 9.63 Å². The van der Waals surface area contributed by atoms with Gasteiger partial charge in [-0.1, -0.05) is 39.8 Å². The van der Waals surface area contributed by atoms with Crippen molar-refractivity contribution in [2.45, 2.75) is 34.6 Å². The lowest BCUT2D eigenvalue weighted by Crippen LogP contribution is -2.12. The maximum Gasteiger partial charge on any atom is 0.307 e. The normalized spacial score (nSPS) is 28.1. The van der Waals surface area contributed by atoms with E-state index in [-0.39, 0.29) is 22.7 Å². The first-order valence-corrected chi connectivity index (χ1v) is 5.54. The van der Waals surface area contributed by atoms with E-state index in [4.69, 9.17) is 9.94 Å². The molecule has 0 aromatic carbocycles. The quantitative estimate of drug-likeness (QED) is 0.592. The first-order valence-electron chi connectivity index (χ1n) is 5.54. The van der Waals surface area contributed by atoms with E-state index >= 15 is 0 Å². The molecule has 1 N–H and O–H groups in total. The summed E-state index contributed by atoms with van der Waals surface area (Å²) >= 11 is 0. The standard InChI is InChI=1S/C12H21NO3/c1-11(2,3)7-16-13-6-8-9(10(14)15)12(8,4)5/h6,8-9H,7H2,1-5H3,(H,14,15)/t8-,9-/m0/s1. The number of aliphatic carboxylic acids is 1. The summed E-state index contributed by atoms with van der Waals surface area (Å²) in [5.74, 6) is -1.09. The van der Waals surface area contributed by atoms with Crippen LogP contribution in [0.15, 0.2) is 5.16 Å². The van der Waals surface area contributed by atoms with Crippen molar-refractivity contribution >= 4 is 12.2 Å². The van der Waals surface area contributed by atoms with Crippen LogP contribution in [0.25, 0.3) is 0 Å². The van der Waals surface area contributed by atoms with Crippen LogP contribution in [0.3, 0.4) is 0 Å². The van der Waals surface area contributed by atoms with Gasteiger partial charge in [-0.2, -0.15) is 0 Å². The topological polar surface area (TPSA) is 58.9 Å². The highest BCUT2D eigenvalue weighted by Gasteiger charge is 2.61. The van der Waals surface area contributed by atoms with Gasteiger partial charge in [0.25, 0.3) is 0 Å². The summed E-state index contributed by atoms with van der Waals surface area (Å²) in [4.78, 5) is 16.0. The molecule has 1 aliphatic carbocycles. The Morgan fingerprint density at radius 2 is 2.06 bits per heavy atom. The van der Waals surface area contributed by atoms with Gasteiger partial charge in [0.05, 0.1) is 5.92 Å². The summed E-state index contributed by atoms with van der Waals surface area (Å²) in [6, 6.07) is 0. The molecule has 0 aliphatic heterocycles. The first-order chi connectivity index (χ1) is 7.16. The van der Waals surface area contributed by atoms with Crippen LogP contribution in [0, 0.1) is 22.7 Å². The number of carbonyl (C=O) groups is 1. The molecule has 0 spiro atoms. The second kappa shape index (κ2) is 4.07. The SMILES string of the molecule is CC(C)(C)CON=C[C@H]1[C@@H](C(=O)O)C1(C)C. The van der Waals surface area contributed by atoms with Crippen molar-refractivity contribution in [2.24, 2.45) is 27.8 Å². The Morgan fingerprint density at radius 3 is 2.44 bits per heavy atom. The second-order valence-corrected chi connectivity index (χ2v) is 6.25. The summed E-state index contributed by atoms with van der Waals surface area (Å²) in [6.07, 6.45) is 1.63.